The summed E-state index contributed by atoms with van der Waals surface area (Å²) in [6.07, 6.45) is 0. The van der Waals surface area contributed by atoms with Gasteiger partial charge in [-0.05, 0) is 18.4 Å². The lowest BCUT2D eigenvalue weighted by atomic mass is 9.91. The van der Waals surface area contributed by atoms with E-state index in [-0.39, 0.29) is 17.1 Å². The van der Waals surface area contributed by atoms with Crippen molar-refractivity contribution in [1.82, 2.24) is 4.98 Å². The van der Waals surface area contributed by atoms with E-state index >= 15 is 0 Å². The lowest BCUT2D eigenvalue weighted by Gasteiger charge is -2.24. The molecule has 21 heavy (non-hydrogen) atoms. The molecule has 6 heteroatoms. The molecule has 0 atom stereocenters. The Bertz CT molecular complexity index is 597. The van der Waals surface area contributed by atoms with Crippen LogP contribution in [0.25, 0.3) is 0 Å². The van der Waals surface area contributed by atoms with Gasteiger partial charge in [0, 0.05) is 29.4 Å². The van der Waals surface area contributed by atoms with E-state index in [9.17, 15) is 8.78 Å². The summed E-state index contributed by atoms with van der Waals surface area (Å²) in [5.41, 5.74) is -0.158. The fourth-order valence-corrected chi connectivity index (χ4v) is 2.79. The minimum atomic E-state index is -0.684. The second-order valence-electron chi connectivity index (χ2n) is 5.39. The van der Waals surface area contributed by atoms with Crippen LogP contribution in [-0.2, 0) is 5.41 Å². The Morgan fingerprint density at radius 3 is 2.43 bits per heavy atom. The van der Waals surface area contributed by atoms with E-state index in [0.29, 0.717) is 13.1 Å². The summed E-state index contributed by atoms with van der Waals surface area (Å²) < 4.78 is 27.3. The van der Waals surface area contributed by atoms with Gasteiger partial charge in [0.15, 0.2) is 23.3 Å². The normalized spacial score (nSPS) is 11.5. The number of rotatable bonds is 6. The Hall–Kier alpha value is -1.69. The minimum Gasteiger partial charge on any atom is -0.368 e. The summed E-state index contributed by atoms with van der Waals surface area (Å²) in [4.78, 5) is 5.18. The maximum Gasteiger partial charge on any atom is 0.168 e. The Morgan fingerprint density at radius 1 is 1.19 bits per heavy atom. The molecule has 0 unspecified atom stereocenters. The third-order valence-corrected chi connectivity index (χ3v) is 4.40. The monoisotopic (exact) mass is 311 g/mol. The number of anilines is 2. The number of nitrogens with zero attached hydrogens (tertiary/aromatic N) is 1. The van der Waals surface area contributed by atoms with Crippen molar-refractivity contribution in [2.75, 3.05) is 23.7 Å². The lowest BCUT2D eigenvalue weighted by molar-refractivity contribution is 0.554. The zero-order valence-electron chi connectivity index (χ0n) is 12.3. The molecule has 2 aromatic heterocycles. The molecule has 0 aliphatic rings. The summed E-state index contributed by atoms with van der Waals surface area (Å²) in [7, 11) is 0. The van der Waals surface area contributed by atoms with Crippen LogP contribution in [0, 0.1) is 11.6 Å². The maximum atomic E-state index is 13.8. The Morgan fingerprint density at radius 2 is 1.86 bits per heavy atom. The predicted molar refractivity (Wildman–Crippen MR) is 84.2 cm³/mol. The van der Waals surface area contributed by atoms with Crippen LogP contribution in [0.2, 0.25) is 0 Å². The summed E-state index contributed by atoms with van der Waals surface area (Å²) >= 11 is 1.66. The van der Waals surface area contributed by atoms with Gasteiger partial charge in [-0.15, -0.1) is 11.3 Å². The van der Waals surface area contributed by atoms with Crippen LogP contribution in [0.15, 0.2) is 23.6 Å². The van der Waals surface area contributed by atoms with Gasteiger partial charge in [0.2, 0.25) is 0 Å². The van der Waals surface area contributed by atoms with Gasteiger partial charge in [-0.2, -0.15) is 0 Å². The molecule has 0 aliphatic carbocycles. The first kappa shape index (κ1) is 15.7. The molecule has 0 aliphatic heterocycles. The molecular weight excluding hydrogens is 292 g/mol. The largest absolute Gasteiger partial charge is 0.368 e. The van der Waals surface area contributed by atoms with Crippen LogP contribution < -0.4 is 10.6 Å². The molecule has 2 heterocycles. The van der Waals surface area contributed by atoms with Crippen LogP contribution in [-0.4, -0.2) is 18.1 Å². The summed E-state index contributed by atoms with van der Waals surface area (Å²) in [5, 5.41) is 7.77. The van der Waals surface area contributed by atoms with Crippen molar-refractivity contribution in [2.24, 2.45) is 0 Å². The quantitative estimate of drug-likeness (QED) is 0.837. The second kappa shape index (κ2) is 6.39. The summed E-state index contributed by atoms with van der Waals surface area (Å²) in [5.74, 6) is -1.24. The first-order valence-corrected chi connectivity index (χ1v) is 7.70. The topological polar surface area (TPSA) is 37.0 Å². The average molecular weight is 311 g/mol. The molecule has 0 radical (unpaired) electrons. The molecular formula is C15H19F2N3S. The molecule has 0 amide bonds. The van der Waals surface area contributed by atoms with E-state index in [1.54, 1.807) is 11.3 Å². The van der Waals surface area contributed by atoms with Crippen molar-refractivity contribution in [3.8, 4) is 0 Å². The average Bonchev–Trinajstić information content (AvgIpc) is 2.95. The number of hydrogen-bond donors (Lipinski definition) is 2. The van der Waals surface area contributed by atoms with E-state index in [1.807, 2.05) is 24.4 Å². The van der Waals surface area contributed by atoms with E-state index in [0.717, 1.165) is 6.07 Å². The van der Waals surface area contributed by atoms with Crippen molar-refractivity contribution in [3.05, 3.63) is 40.1 Å². The summed E-state index contributed by atoms with van der Waals surface area (Å²) in [6, 6.07) is 4.89. The van der Waals surface area contributed by atoms with Gasteiger partial charge in [-0.3, -0.25) is 0 Å². The van der Waals surface area contributed by atoms with Crippen molar-refractivity contribution in [2.45, 2.75) is 26.2 Å². The van der Waals surface area contributed by atoms with E-state index < -0.39 is 11.6 Å². The van der Waals surface area contributed by atoms with Gasteiger partial charge in [-0.1, -0.05) is 19.9 Å². The maximum absolute atomic E-state index is 13.8. The number of pyridine rings is 1. The van der Waals surface area contributed by atoms with Gasteiger partial charge in [-0.25, -0.2) is 13.8 Å². The van der Waals surface area contributed by atoms with Gasteiger partial charge < -0.3 is 10.6 Å². The SMILES string of the molecule is CCNc1nc(NCC(C)(C)c2cccs2)c(F)cc1F. The Labute approximate surface area is 127 Å². The molecule has 0 aromatic carbocycles. The standard InChI is InChI=1S/C15H19F2N3S/c1-4-18-13-10(16)8-11(17)14(20-13)19-9-15(2,3)12-6-5-7-21-12/h5-8H,4,9H2,1-3H3,(H2,18,19,20). The minimum absolute atomic E-state index is 0.0651. The fraction of sp³-hybridized carbons (Fsp3) is 0.400. The van der Waals surface area contributed by atoms with Crippen molar-refractivity contribution >= 4 is 23.0 Å². The highest BCUT2D eigenvalue weighted by Gasteiger charge is 2.22. The van der Waals surface area contributed by atoms with E-state index in [2.05, 4.69) is 29.5 Å². The van der Waals surface area contributed by atoms with Gasteiger partial charge in [0.1, 0.15) is 0 Å². The highest BCUT2D eigenvalue weighted by Crippen LogP contribution is 2.28. The van der Waals surface area contributed by atoms with E-state index in [1.165, 1.54) is 4.88 Å². The molecule has 0 bridgehead atoms. The number of thiophene rings is 1. The molecule has 2 N–H and O–H groups in total. The Balaban J connectivity index is 2.14. The number of halogens is 2. The van der Waals surface area contributed by atoms with Crippen LogP contribution >= 0.6 is 11.3 Å². The molecule has 114 valence electrons. The van der Waals surface area contributed by atoms with Gasteiger partial charge >= 0.3 is 0 Å². The zero-order chi connectivity index (χ0) is 15.5. The number of nitrogens with one attached hydrogen (secondary N) is 2. The second-order valence-corrected chi connectivity index (χ2v) is 6.34. The molecule has 0 fully saturated rings. The molecule has 2 rings (SSSR count). The molecule has 0 spiro atoms. The van der Waals surface area contributed by atoms with E-state index in [4.69, 9.17) is 0 Å². The van der Waals surface area contributed by atoms with Crippen molar-refractivity contribution in [1.29, 1.82) is 0 Å². The molecule has 0 saturated carbocycles. The predicted octanol–water partition coefficient (Wildman–Crippen LogP) is 4.24. The van der Waals surface area contributed by atoms with Crippen LogP contribution in [0.1, 0.15) is 25.6 Å². The third kappa shape index (κ3) is 3.69. The van der Waals surface area contributed by atoms with Gasteiger partial charge in [0.05, 0.1) is 0 Å². The van der Waals surface area contributed by atoms with Crippen LogP contribution in [0.3, 0.4) is 0 Å². The molecule has 0 saturated heterocycles. The number of hydrogen-bond acceptors (Lipinski definition) is 4. The summed E-state index contributed by atoms with van der Waals surface area (Å²) in [6.45, 7) is 7.00. The van der Waals surface area contributed by atoms with Crippen LogP contribution in [0.5, 0.6) is 0 Å². The molecule has 3 nitrogen and oxygen atoms in total. The first-order valence-electron chi connectivity index (χ1n) is 6.82. The number of aromatic nitrogens is 1. The van der Waals surface area contributed by atoms with Crippen molar-refractivity contribution in [3.63, 3.8) is 0 Å². The lowest BCUT2D eigenvalue weighted by Crippen LogP contribution is -2.27. The third-order valence-electron chi connectivity index (χ3n) is 3.16. The Kier molecular flexibility index (Phi) is 4.77. The van der Waals surface area contributed by atoms with Crippen LogP contribution in [0.4, 0.5) is 20.4 Å². The molecule has 2 aromatic rings. The first-order chi connectivity index (χ1) is 9.94. The fourth-order valence-electron chi connectivity index (χ4n) is 1.94. The highest BCUT2D eigenvalue weighted by atomic mass is 32.1. The van der Waals surface area contributed by atoms with Gasteiger partial charge in [0.25, 0.3) is 0 Å². The smallest absolute Gasteiger partial charge is 0.168 e. The highest BCUT2D eigenvalue weighted by molar-refractivity contribution is 7.10. The van der Waals surface area contributed by atoms with Crippen molar-refractivity contribution < 1.29 is 8.78 Å². The zero-order valence-corrected chi connectivity index (χ0v) is 13.2.